The highest BCUT2D eigenvalue weighted by Gasteiger charge is 2.15. The monoisotopic (exact) mass is 329 g/mol. The normalized spacial score (nSPS) is 10.3. The summed E-state index contributed by atoms with van der Waals surface area (Å²) < 4.78 is 3.57. The zero-order valence-corrected chi connectivity index (χ0v) is 12.6. The number of rotatable bonds is 5. The number of para-hydroxylation sites is 1. The molecule has 18 heavy (non-hydrogen) atoms. The van der Waals surface area contributed by atoms with Crippen LogP contribution in [0.4, 0.5) is 0 Å². The first-order chi connectivity index (χ1) is 8.18. The quantitative estimate of drug-likeness (QED) is 0.607. The zero-order valence-electron chi connectivity index (χ0n) is 10.2. The van der Waals surface area contributed by atoms with Gasteiger partial charge in [0.1, 0.15) is 11.2 Å². The van der Waals surface area contributed by atoms with Crippen molar-refractivity contribution in [3.63, 3.8) is 0 Å². The molecule has 1 aromatic heterocycles. The summed E-state index contributed by atoms with van der Waals surface area (Å²) in [6.07, 6.45) is 1.92. The van der Waals surface area contributed by atoms with Crippen molar-refractivity contribution >= 4 is 27.5 Å². The number of carboxylic acid groups (broad SMARTS) is 1. The molecule has 98 valence electrons. The molecule has 0 aliphatic heterocycles. The molecule has 1 aromatic carbocycles. The molecule has 0 amide bonds. The van der Waals surface area contributed by atoms with Crippen molar-refractivity contribution in [2.45, 2.75) is 32.7 Å². The molecule has 0 spiro atoms. The van der Waals surface area contributed by atoms with Gasteiger partial charge in [0.2, 0.25) is 10.5 Å². The summed E-state index contributed by atoms with van der Waals surface area (Å²) >= 11 is 1.79. The largest absolute Gasteiger partial charge is 1.00 e. The third-order valence-corrected chi connectivity index (χ3v) is 3.90. The number of benzene rings is 1. The van der Waals surface area contributed by atoms with E-state index in [0.717, 1.165) is 19.4 Å². The molecular weight excluding hydrogens is 314 g/mol. The molecule has 0 atom stereocenters. The maximum absolute atomic E-state index is 10.4. The van der Waals surface area contributed by atoms with Crippen LogP contribution in [0.15, 0.2) is 24.3 Å². The second-order valence-electron chi connectivity index (χ2n) is 4.09. The molecule has 0 saturated carbocycles. The summed E-state index contributed by atoms with van der Waals surface area (Å²) in [5.74, 6) is -0.707. The standard InChI is InChI=1S/C13H15NO2S.BrH/c1-10-14(9-5-4-8-13(15)16)11-6-2-3-7-12(11)17-10;/h2-3,6-7H,4-5,8-9H2,1H3;1H. The predicted octanol–water partition coefficient (Wildman–Crippen LogP) is -0.244. The van der Waals surface area contributed by atoms with Crippen LogP contribution < -0.4 is 21.5 Å². The van der Waals surface area contributed by atoms with E-state index >= 15 is 0 Å². The number of carboxylic acids is 1. The highest BCUT2D eigenvalue weighted by molar-refractivity contribution is 7.18. The number of fused-ring (bicyclic) bond motifs is 1. The molecule has 0 radical (unpaired) electrons. The average Bonchev–Trinajstić information content (AvgIpc) is 2.60. The maximum Gasteiger partial charge on any atom is 0.303 e. The van der Waals surface area contributed by atoms with E-state index < -0.39 is 5.97 Å². The lowest BCUT2D eigenvalue weighted by molar-refractivity contribution is -0.673. The van der Waals surface area contributed by atoms with E-state index in [0.29, 0.717) is 0 Å². The van der Waals surface area contributed by atoms with Gasteiger partial charge in [0.15, 0.2) is 0 Å². The number of halogens is 1. The van der Waals surface area contributed by atoms with Crippen molar-refractivity contribution in [3.05, 3.63) is 29.3 Å². The highest BCUT2D eigenvalue weighted by atomic mass is 79.9. The van der Waals surface area contributed by atoms with Gasteiger partial charge in [-0.25, -0.2) is 0 Å². The molecule has 5 heteroatoms. The molecule has 0 unspecified atom stereocenters. The number of nitrogens with zero attached hydrogens (tertiary/aromatic N) is 1. The fourth-order valence-corrected chi connectivity index (χ4v) is 3.02. The Morgan fingerprint density at radius 3 is 2.78 bits per heavy atom. The summed E-state index contributed by atoms with van der Waals surface area (Å²) in [5, 5.41) is 9.87. The van der Waals surface area contributed by atoms with Gasteiger partial charge < -0.3 is 22.1 Å². The number of thiazole rings is 1. The third-order valence-electron chi connectivity index (χ3n) is 2.82. The summed E-state index contributed by atoms with van der Waals surface area (Å²) in [5.41, 5.74) is 1.25. The minimum absolute atomic E-state index is 0. The molecule has 0 bridgehead atoms. The summed E-state index contributed by atoms with van der Waals surface area (Å²) in [6.45, 7) is 3.02. The molecule has 0 aliphatic carbocycles. The lowest BCUT2D eigenvalue weighted by Crippen LogP contribution is -3.00. The molecule has 2 aromatic rings. The van der Waals surface area contributed by atoms with Gasteiger partial charge in [-0.3, -0.25) is 4.79 Å². The topological polar surface area (TPSA) is 41.2 Å². The molecule has 0 aliphatic rings. The Morgan fingerprint density at radius 1 is 1.33 bits per heavy atom. The van der Waals surface area contributed by atoms with Gasteiger partial charge in [0.05, 0.1) is 0 Å². The Kier molecular flexibility index (Phi) is 5.75. The number of aromatic nitrogens is 1. The van der Waals surface area contributed by atoms with Gasteiger partial charge in [-0.2, -0.15) is 4.57 Å². The molecule has 1 heterocycles. The molecule has 0 fully saturated rings. The number of unbranched alkanes of at least 4 members (excludes halogenated alkanes) is 1. The van der Waals surface area contributed by atoms with Gasteiger partial charge >= 0.3 is 5.97 Å². The Labute approximate surface area is 121 Å². The Bertz CT molecular complexity index is 539. The zero-order chi connectivity index (χ0) is 12.3. The van der Waals surface area contributed by atoms with E-state index in [1.54, 1.807) is 11.3 Å². The number of aliphatic carboxylic acids is 1. The van der Waals surface area contributed by atoms with E-state index in [1.165, 1.54) is 15.2 Å². The van der Waals surface area contributed by atoms with Crippen molar-refractivity contribution in [1.29, 1.82) is 0 Å². The smallest absolute Gasteiger partial charge is 0.303 e. The first-order valence-corrected chi connectivity index (χ1v) is 6.60. The van der Waals surface area contributed by atoms with E-state index in [-0.39, 0.29) is 23.4 Å². The Morgan fingerprint density at radius 2 is 2.06 bits per heavy atom. The van der Waals surface area contributed by atoms with E-state index in [4.69, 9.17) is 5.11 Å². The fraction of sp³-hybridized carbons (Fsp3) is 0.385. The minimum atomic E-state index is -0.707. The second kappa shape index (κ2) is 6.85. The molecule has 0 saturated heterocycles. The van der Waals surface area contributed by atoms with Gasteiger partial charge in [-0.1, -0.05) is 23.5 Å². The first kappa shape index (κ1) is 15.1. The van der Waals surface area contributed by atoms with E-state index in [9.17, 15) is 4.79 Å². The third kappa shape index (κ3) is 3.53. The van der Waals surface area contributed by atoms with Gasteiger partial charge in [0.25, 0.3) is 0 Å². The van der Waals surface area contributed by atoms with E-state index in [2.05, 4.69) is 23.6 Å². The predicted molar refractivity (Wildman–Crippen MR) is 68.2 cm³/mol. The van der Waals surface area contributed by atoms with E-state index in [1.807, 2.05) is 12.1 Å². The van der Waals surface area contributed by atoms with Gasteiger partial charge in [-0.05, 0) is 12.5 Å². The van der Waals surface area contributed by atoms with Crippen LogP contribution in [0, 0.1) is 6.92 Å². The molecule has 3 nitrogen and oxygen atoms in total. The lowest BCUT2D eigenvalue weighted by Gasteiger charge is -1.96. The summed E-state index contributed by atoms with van der Waals surface area (Å²) in [7, 11) is 0. The van der Waals surface area contributed by atoms with Crippen molar-refractivity contribution in [1.82, 2.24) is 0 Å². The minimum Gasteiger partial charge on any atom is -1.00 e. The van der Waals surface area contributed by atoms with Gasteiger partial charge in [0, 0.05) is 25.8 Å². The first-order valence-electron chi connectivity index (χ1n) is 5.78. The molecule has 1 N–H and O–H groups in total. The van der Waals surface area contributed by atoms with Crippen LogP contribution in [-0.2, 0) is 11.3 Å². The van der Waals surface area contributed by atoms with Crippen LogP contribution in [0.5, 0.6) is 0 Å². The SMILES string of the molecule is Cc1sc2ccccc2[n+]1CCCCC(=O)O.[Br-]. The number of aryl methyl sites for hydroxylation is 2. The van der Waals surface area contributed by atoms with Crippen LogP contribution in [0.2, 0.25) is 0 Å². The second-order valence-corrected chi connectivity index (χ2v) is 5.33. The molecule has 2 rings (SSSR count). The number of hydrogen-bond donors (Lipinski definition) is 1. The average molecular weight is 330 g/mol. The lowest BCUT2D eigenvalue weighted by atomic mass is 10.2. The highest BCUT2D eigenvalue weighted by Crippen LogP contribution is 2.19. The Hall–Kier alpha value is -0.940. The number of carbonyl (C=O) groups is 1. The van der Waals surface area contributed by atoms with Crippen molar-refractivity contribution < 1.29 is 31.4 Å². The van der Waals surface area contributed by atoms with Crippen LogP contribution in [0.3, 0.4) is 0 Å². The summed E-state index contributed by atoms with van der Waals surface area (Å²) in [6, 6.07) is 8.34. The molecular formula is C13H16BrNO2S. The number of hydrogen-bond acceptors (Lipinski definition) is 2. The summed E-state index contributed by atoms with van der Waals surface area (Å²) in [4.78, 5) is 10.4. The van der Waals surface area contributed by atoms with Crippen LogP contribution in [-0.4, -0.2) is 11.1 Å². The maximum atomic E-state index is 10.4. The van der Waals surface area contributed by atoms with Crippen LogP contribution >= 0.6 is 11.3 Å². The van der Waals surface area contributed by atoms with Gasteiger partial charge in [-0.15, -0.1) is 0 Å². The van der Waals surface area contributed by atoms with Crippen LogP contribution in [0.25, 0.3) is 10.2 Å². The fourth-order valence-electron chi connectivity index (χ4n) is 1.97. The van der Waals surface area contributed by atoms with Crippen molar-refractivity contribution in [2.24, 2.45) is 0 Å². The van der Waals surface area contributed by atoms with Crippen molar-refractivity contribution in [2.75, 3.05) is 0 Å². The van der Waals surface area contributed by atoms with Crippen LogP contribution in [0.1, 0.15) is 24.3 Å². The Balaban J connectivity index is 0.00000162. The van der Waals surface area contributed by atoms with Crippen molar-refractivity contribution in [3.8, 4) is 0 Å².